The van der Waals surface area contributed by atoms with Crippen LogP contribution in [0.15, 0.2) is 15.8 Å². The summed E-state index contributed by atoms with van der Waals surface area (Å²) >= 11 is 2.15. The molecular formula is C12H14FIN2O5. The van der Waals surface area contributed by atoms with E-state index in [2.05, 4.69) is 22.6 Å². The van der Waals surface area contributed by atoms with Crippen molar-refractivity contribution in [3.05, 3.63) is 32.9 Å². The van der Waals surface area contributed by atoms with E-state index in [9.17, 15) is 14.0 Å². The van der Waals surface area contributed by atoms with E-state index in [0.717, 1.165) is 10.8 Å². The summed E-state index contributed by atoms with van der Waals surface area (Å²) in [6.07, 6.45) is -1.15. The molecule has 3 heterocycles. The van der Waals surface area contributed by atoms with Crippen molar-refractivity contribution >= 4 is 22.6 Å². The quantitative estimate of drug-likeness (QED) is 0.566. The molecule has 2 saturated heterocycles. The van der Waals surface area contributed by atoms with Gasteiger partial charge < -0.3 is 14.2 Å². The Morgan fingerprint density at radius 2 is 2.05 bits per heavy atom. The first kappa shape index (κ1) is 15.1. The molecule has 4 atom stereocenters. The van der Waals surface area contributed by atoms with Gasteiger partial charge in [0, 0.05) is 4.43 Å². The Hall–Kier alpha value is -0.780. The molecule has 1 aromatic rings. The molecule has 0 aliphatic carbocycles. The molecule has 1 aromatic heterocycles. The van der Waals surface area contributed by atoms with Crippen LogP contribution in [0.3, 0.4) is 0 Å². The highest BCUT2D eigenvalue weighted by Crippen LogP contribution is 2.42. The van der Waals surface area contributed by atoms with E-state index in [-0.39, 0.29) is 12.2 Å². The molecule has 0 bridgehead atoms. The number of H-pyrrole nitrogens is 1. The number of nitrogens with zero attached hydrogens (tertiary/aromatic N) is 1. The molecule has 9 heteroatoms. The zero-order valence-electron chi connectivity index (χ0n) is 11.3. The lowest BCUT2D eigenvalue weighted by atomic mass is 10.1. The van der Waals surface area contributed by atoms with Crippen LogP contribution >= 0.6 is 22.6 Å². The van der Waals surface area contributed by atoms with Crippen LogP contribution in [-0.2, 0) is 14.2 Å². The molecule has 7 nitrogen and oxygen atoms in total. The highest BCUT2D eigenvalue weighted by Gasteiger charge is 2.55. The maximum absolute atomic E-state index is 13.5. The lowest BCUT2D eigenvalue weighted by Gasteiger charge is -2.24. The highest BCUT2D eigenvalue weighted by molar-refractivity contribution is 14.1. The Labute approximate surface area is 132 Å². The zero-order valence-corrected chi connectivity index (χ0v) is 13.5. The van der Waals surface area contributed by atoms with Crippen molar-refractivity contribution in [1.29, 1.82) is 0 Å². The number of halogens is 2. The van der Waals surface area contributed by atoms with Gasteiger partial charge in [-0.2, -0.15) is 4.39 Å². The Bertz CT molecular complexity index is 672. The molecule has 2 aliphatic rings. The number of fused-ring (bicyclic) bond motifs is 1. The van der Waals surface area contributed by atoms with Crippen molar-refractivity contribution in [2.45, 2.75) is 44.2 Å². The number of rotatable bonds is 2. The third kappa shape index (κ3) is 2.56. The van der Waals surface area contributed by atoms with Gasteiger partial charge in [0.25, 0.3) is 5.56 Å². The summed E-state index contributed by atoms with van der Waals surface area (Å²) in [5.41, 5.74) is -1.80. The first-order valence-electron chi connectivity index (χ1n) is 6.40. The molecule has 1 N–H and O–H groups in total. The minimum absolute atomic E-state index is 0.274. The summed E-state index contributed by atoms with van der Waals surface area (Å²) in [6, 6.07) is 0. The topological polar surface area (TPSA) is 82.5 Å². The number of ether oxygens (including phenoxy) is 3. The van der Waals surface area contributed by atoms with Gasteiger partial charge in [-0.25, -0.2) is 4.79 Å². The molecule has 21 heavy (non-hydrogen) atoms. The van der Waals surface area contributed by atoms with Crippen molar-refractivity contribution < 1.29 is 18.6 Å². The average molecular weight is 412 g/mol. The third-order valence-corrected chi connectivity index (χ3v) is 4.34. The van der Waals surface area contributed by atoms with Crippen LogP contribution in [0.2, 0.25) is 0 Å². The van der Waals surface area contributed by atoms with E-state index in [1.165, 1.54) is 0 Å². The van der Waals surface area contributed by atoms with Crippen molar-refractivity contribution in [2.75, 3.05) is 4.43 Å². The molecule has 0 spiro atoms. The first-order chi connectivity index (χ1) is 9.82. The summed E-state index contributed by atoms with van der Waals surface area (Å²) in [4.78, 5) is 24.9. The van der Waals surface area contributed by atoms with Crippen LogP contribution in [-0.4, -0.2) is 38.1 Å². The second-order valence-electron chi connectivity index (χ2n) is 5.43. The average Bonchev–Trinajstić information content (AvgIpc) is 2.87. The Balaban J connectivity index is 2.01. The fourth-order valence-corrected chi connectivity index (χ4v) is 3.37. The number of alkyl halides is 1. The second kappa shape index (κ2) is 5.14. The molecule has 0 aromatic carbocycles. The fraction of sp³-hybridized carbons (Fsp3) is 0.667. The molecule has 2 fully saturated rings. The van der Waals surface area contributed by atoms with E-state index in [1.54, 1.807) is 13.8 Å². The lowest BCUT2D eigenvalue weighted by Crippen LogP contribution is -2.38. The zero-order chi connectivity index (χ0) is 15.4. The summed E-state index contributed by atoms with van der Waals surface area (Å²) in [7, 11) is 0. The minimum atomic E-state index is -1.06. The molecule has 3 rings (SSSR count). The number of hydrogen-bond donors (Lipinski definition) is 1. The number of nitrogens with one attached hydrogen (secondary N) is 1. The van der Waals surface area contributed by atoms with Gasteiger partial charge >= 0.3 is 5.69 Å². The van der Waals surface area contributed by atoms with Crippen LogP contribution in [0.25, 0.3) is 0 Å². The van der Waals surface area contributed by atoms with Crippen molar-refractivity contribution in [3.8, 4) is 0 Å². The maximum atomic E-state index is 13.5. The van der Waals surface area contributed by atoms with Gasteiger partial charge in [0.15, 0.2) is 12.0 Å². The molecule has 116 valence electrons. The molecule has 0 saturated carbocycles. The summed E-state index contributed by atoms with van der Waals surface area (Å²) in [5, 5.41) is 0. The van der Waals surface area contributed by atoms with Crippen LogP contribution in [0, 0.1) is 5.82 Å². The molecular weight excluding hydrogens is 398 g/mol. The summed E-state index contributed by atoms with van der Waals surface area (Å²) in [5.74, 6) is -1.85. The standard InChI is InChI=1S/C12H14FIN2O5/c1-12(2)20-7-6(3-14)19-10(8(7)21-12)16-4-5(13)9(17)15-11(16)18/h4,6-8,10H,3H2,1-2H3,(H,15,17,18)/t6-,7+,8+,10-/m1/s1. The van der Waals surface area contributed by atoms with E-state index < -0.39 is 35.2 Å². The van der Waals surface area contributed by atoms with Crippen LogP contribution in [0.5, 0.6) is 0 Å². The van der Waals surface area contributed by atoms with E-state index in [4.69, 9.17) is 14.2 Å². The van der Waals surface area contributed by atoms with Gasteiger partial charge in [-0.05, 0) is 13.8 Å². The van der Waals surface area contributed by atoms with Gasteiger partial charge in [-0.1, -0.05) is 22.6 Å². The highest BCUT2D eigenvalue weighted by atomic mass is 127. The van der Waals surface area contributed by atoms with Crippen molar-refractivity contribution in [2.24, 2.45) is 0 Å². The van der Waals surface area contributed by atoms with Gasteiger partial charge in [-0.3, -0.25) is 14.3 Å². The lowest BCUT2D eigenvalue weighted by molar-refractivity contribution is -0.194. The monoisotopic (exact) mass is 412 g/mol. The summed E-state index contributed by atoms with van der Waals surface area (Å²) < 4.78 is 32.4. The van der Waals surface area contributed by atoms with Crippen LogP contribution in [0.4, 0.5) is 4.39 Å². The first-order valence-corrected chi connectivity index (χ1v) is 7.93. The predicted octanol–water partition coefficient (Wildman–Crippen LogP) is 0.528. The Kier molecular flexibility index (Phi) is 3.71. The van der Waals surface area contributed by atoms with Crippen LogP contribution < -0.4 is 11.2 Å². The van der Waals surface area contributed by atoms with Gasteiger partial charge in [0.1, 0.15) is 12.2 Å². The number of aromatic nitrogens is 2. The minimum Gasteiger partial charge on any atom is -0.348 e. The number of hydrogen-bond acceptors (Lipinski definition) is 5. The van der Waals surface area contributed by atoms with E-state index >= 15 is 0 Å². The van der Waals surface area contributed by atoms with Crippen molar-refractivity contribution in [1.82, 2.24) is 9.55 Å². The fourth-order valence-electron chi connectivity index (χ4n) is 2.66. The largest absolute Gasteiger partial charge is 0.348 e. The van der Waals surface area contributed by atoms with Gasteiger partial charge in [0.05, 0.1) is 12.3 Å². The predicted molar refractivity (Wildman–Crippen MR) is 77.9 cm³/mol. The Morgan fingerprint density at radius 1 is 1.38 bits per heavy atom. The van der Waals surface area contributed by atoms with Crippen LogP contribution in [0.1, 0.15) is 20.1 Å². The van der Waals surface area contributed by atoms with Gasteiger partial charge in [0.2, 0.25) is 5.82 Å². The number of aromatic amines is 1. The normalized spacial score (nSPS) is 34.1. The van der Waals surface area contributed by atoms with Crippen molar-refractivity contribution in [3.63, 3.8) is 0 Å². The third-order valence-electron chi connectivity index (χ3n) is 3.48. The Morgan fingerprint density at radius 3 is 2.71 bits per heavy atom. The second-order valence-corrected chi connectivity index (χ2v) is 6.31. The van der Waals surface area contributed by atoms with Gasteiger partial charge in [-0.15, -0.1) is 0 Å². The maximum Gasteiger partial charge on any atom is 0.330 e. The SMILES string of the molecule is CC1(C)O[C@@H]2[C@H](O1)[C@H](n1cc(F)c(=O)[nH]c1=O)O[C@@H]2CI. The molecule has 0 amide bonds. The smallest absolute Gasteiger partial charge is 0.330 e. The van der Waals surface area contributed by atoms with E-state index in [1.807, 2.05) is 4.98 Å². The van der Waals surface area contributed by atoms with E-state index in [0.29, 0.717) is 4.43 Å². The molecule has 0 unspecified atom stereocenters. The molecule has 2 aliphatic heterocycles. The summed E-state index contributed by atoms with van der Waals surface area (Å²) in [6.45, 7) is 3.53. The molecule has 0 radical (unpaired) electrons.